The summed E-state index contributed by atoms with van der Waals surface area (Å²) in [6, 6.07) is 17.8. The zero-order valence-corrected chi connectivity index (χ0v) is 18.5. The van der Waals surface area contributed by atoms with Crippen molar-refractivity contribution in [2.75, 3.05) is 0 Å². The van der Waals surface area contributed by atoms with Gasteiger partial charge in [-0.05, 0) is 49.7 Å². The van der Waals surface area contributed by atoms with Gasteiger partial charge in [0.15, 0.2) is 6.10 Å². The number of sulfonamides is 1. The van der Waals surface area contributed by atoms with E-state index < -0.39 is 28.0 Å². The molecule has 0 aliphatic heterocycles. The summed E-state index contributed by atoms with van der Waals surface area (Å²) in [6.45, 7) is 3.25. The molecule has 0 aliphatic rings. The van der Waals surface area contributed by atoms with Gasteiger partial charge in [0.05, 0.1) is 29.3 Å². The predicted molar refractivity (Wildman–Crippen MR) is 117 cm³/mol. The van der Waals surface area contributed by atoms with Crippen molar-refractivity contribution in [3.05, 3.63) is 89.9 Å². The highest BCUT2D eigenvalue weighted by molar-refractivity contribution is 7.89. The summed E-state index contributed by atoms with van der Waals surface area (Å²) < 4.78 is 37.8. The van der Waals surface area contributed by atoms with Crippen molar-refractivity contribution >= 4 is 21.9 Å². The highest BCUT2D eigenvalue weighted by Gasteiger charge is 2.22. The topological polar surface area (TPSA) is 115 Å². The van der Waals surface area contributed by atoms with Gasteiger partial charge in [0.2, 0.25) is 10.0 Å². The second-order valence-electron chi connectivity index (χ2n) is 7.12. The molecule has 0 spiro atoms. The van der Waals surface area contributed by atoms with Crippen LogP contribution in [-0.2, 0) is 26.1 Å². The molecule has 0 bridgehead atoms. The number of carbonyl (C=O) groups excluding carboxylic acids is 2. The Hall–Kier alpha value is -3.43. The zero-order chi connectivity index (χ0) is 23.1. The summed E-state index contributed by atoms with van der Waals surface area (Å²) in [4.78, 5) is 24.8. The minimum atomic E-state index is -3.88. The molecule has 1 amide bonds. The van der Waals surface area contributed by atoms with E-state index in [4.69, 9.17) is 9.15 Å². The Balaban J connectivity index is 1.61. The molecule has 32 heavy (non-hydrogen) atoms. The van der Waals surface area contributed by atoms with Gasteiger partial charge in [0, 0.05) is 0 Å². The summed E-state index contributed by atoms with van der Waals surface area (Å²) in [7, 11) is -3.88. The van der Waals surface area contributed by atoms with Gasteiger partial charge in [0.1, 0.15) is 5.76 Å². The van der Waals surface area contributed by atoms with Crippen molar-refractivity contribution in [1.82, 2.24) is 10.0 Å². The first-order valence-corrected chi connectivity index (χ1v) is 11.4. The van der Waals surface area contributed by atoms with Crippen LogP contribution in [0, 0.1) is 0 Å². The van der Waals surface area contributed by atoms with E-state index in [2.05, 4.69) is 10.0 Å². The molecule has 2 aromatic carbocycles. The molecule has 0 radical (unpaired) electrons. The van der Waals surface area contributed by atoms with Crippen molar-refractivity contribution in [2.24, 2.45) is 0 Å². The number of benzene rings is 2. The van der Waals surface area contributed by atoms with Gasteiger partial charge in [-0.2, -0.15) is 0 Å². The summed E-state index contributed by atoms with van der Waals surface area (Å²) >= 11 is 0. The van der Waals surface area contributed by atoms with E-state index in [9.17, 15) is 18.0 Å². The summed E-state index contributed by atoms with van der Waals surface area (Å²) in [5, 5.41) is 2.79. The van der Waals surface area contributed by atoms with Gasteiger partial charge in [-0.25, -0.2) is 17.9 Å². The van der Waals surface area contributed by atoms with Crippen LogP contribution in [-0.4, -0.2) is 26.4 Å². The first-order chi connectivity index (χ1) is 15.3. The third-order valence-electron chi connectivity index (χ3n) is 4.71. The smallest absolute Gasteiger partial charge is 0.338 e. The van der Waals surface area contributed by atoms with E-state index >= 15 is 0 Å². The molecule has 0 saturated heterocycles. The van der Waals surface area contributed by atoms with Crippen LogP contribution in [0.2, 0.25) is 0 Å². The lowest BCUT2D eigenvalue weighted by molar-refractivity contribution is -0.129. The van der Waals surface area contributed by atoms with E-state index in [1.165, 1.54) is 37.5 Å². The molecule has 8 nitrogen and oxygen atoms in total. The Morgan fingerprint density at radius 2 is 1.75 bits per heavy atom. The lowest BCUT2D eigenvalue weighted by Gasteiger charge is -2.18. The minimum absolute atomic E-state index is 0.0154. The van der Waals surface area contributed by atoms with Crippen molar-refractivity contribution in [3.63, 3.8) is 0 Å². The SMILES string of the molecule is C[C@H](NC(=O)[C@@H](C)OC(=O)c1cccc(S(=O)(=O)NCc2ccco2)c1)c1ccccc1. The lowest BCUT2D eigenvalue weighted by atomic mass is 10.1. The maximum absolute atomic E-state index is 12.5. The maximum atomic E-state index is 12.5. The van der Waals surface area contributed by atoms with E-state index in [0.29, 0.717) is 5.76 Å². The molecule has 2 N–H and O–H groups in total. The molecule has 2 atom stereocenters. The Morgan fingerprint density at radius 1 is 1.00 bits per heavy atom. The van der Waals surface area contributed by atoms with Crippen LogP contribution >= 0.6 is 0 Å². The number of carbonyl (C=O) groups is 2. The van der Waals surface area contributed by atoms with Gasteiger partial charge in [-0.15, -0.1) is 0 Å². The fourth-order valence-electron chi connectivity index (χ4n) is 2.89. The molecule has 168 valence electrons. The highest BCUT2D eigenvalue weighted by Crippen LogP contribution is 2.15. The Bertz CT molecular complexity index is 1160. The van der Waals surface area contributed by atoms with Crippen LogP contribution < -0.4 is 10.0 Å². The normalized spacial score (nSPS) is 13.2. The molecule has 0 aliphatic carbocycles. The number of amides is 1. The molecule has 9 heteroatoms. The zero-order valence-electron chi connectivity index (χ0n) is 17.6. The van der Waals surface area contributed by atoms with Gasteiger partial charge < -0.3 is 14.5 Å². The number of nitrogens with one attached hydrogen (secondary N) is 2. The van der Waals surface area contributed by atoms with Crippen LogP contribution in [0.3, 0.4) is 0 Å². The minimum Gasteiger partial charge on any atom is -0.468 e. The third kappa shape index (κ3) is 6.05. The standard InChI is InChI=1S/C23H24N2O6S/c1-16(18-8-4-3-5-9-18)25-22(26)17(2)31-23(27)19-10-6-12-21(14-19)32(28,29)24-15-20-11-7-13-30-20/h3-14,16-17,24H,15H2,1-2H3,(H,25,26)/t16-,17+/m0/s1. The third-order valence-corrected chi connectivity index (χ3v) is 6.11. The van der Waals surface area contributed by atoms with Crippen molar-refractivity contribution < 1.29 is 27.2 Å². The molecule has 3 aromatic rings. The second kappa shape index (κ2) is 10.3. The van der Waals surface area contributed by atoms with Gasteiger partial charge >= 0.3 is 5.97 Å². The quantitative estimate of drug-likeness (QED) is 0.478. The molecular weight excluding hydrogens is 432 g/mol. The Kier molecular flexibility index (Phi) is 7.45. The number of esters is 1. The first kappa shape index (κ1) is 23.2. The van der Waals surface area contributed by atoms with Crippen LogP contribution in [0.15, 0.2) is 82.3 Å². The van der Waals surface area contributed by atoms with Crippen molar-refractivity contribution in [3.8, 4) is 0 Å². The average molecular weight is 457 g/mol. The first-order valence-electron chi connectivity index (χ1n) is 9.94. The summed E-state index contributed by atoms with van der Waals surface area (Å²) in [6.07, 6.45) is 0.379. The predicted octanol–water partition coefficient (Wildman–Crippen LogP) is 3.18. The highest BCUT2D eigenvalue weighted by atomic mass is 32.2. The number of hydrogen-bond acceptors (Lipinski definition) is 6. The van der Waals surface area contributed by atoms with Crippen LogP contribution in [0.5, 0.6) is 0 Å². The monoisotopic (exact) mass is 456 g/mol. The van der Waals surface area contributed by atoms with Crippen LogP contribution in [0.25, 0.3) is 0 Å². The van der Waals surface area contributed by atoms with Gasteiger partial charge in [0.25, 0.3) is 5.91 Å². The van der Waals surface area contributed by atoms with E-state index in [1.807, 2.05) is 37.3 Å². The lowest BCUT2D eigenvalue weighted by Crippen LogP contribution is -2.37. The number of ether oxygens (including phenoxy) is 1. The number of hydrogen-bond donors (Lipinski definition) is 2. The molecule has 1 heterocycles. The number of furan rings is 1. The Labute approximate surface area is 186 Å². The molecule has 1 aromatic heterocycles. The second-order valence-corrected chi connectivity index (χ2v) is 8.89. The fraction of sp³-hybridized carbons (Fsp3) is 0.217. The molecular formula is C23H24N2O6S. The van der Waals surface area contributed by atoms with E-state index in [1.54, 1.807) is 12.1 Å². The molecule has 3 rings (SSSR count). The van der Waals surface area contributed by atoms with E-state index in [0.717, 1.165) is 5.56 Å². The van der Waals surface area contributed by atoms with Crippen LogP contribution in [0.1, 0.15) is 41.6 Å². The largest absolute Gasteiger partial charge is 0.468 e. The van der Waals surface area contributed by atoms with Gasteiger partial charge in [-0.3, -0.25) is 4.79 Å². The summed E-state index contributed by atoms with van der Waals surface area (Å²) in [5.74, 6) is -0.810. The Morgan fingerprint density at radius 3 is 2.44 bits per heavy atom. The van der Waals surface area contributed by atoms with E-state index in [-0.39, 0.29) is 23.0 Å². The van der Waals surface area contributed by atoms with Crippen molar-refractivity contribution in [2.45, 2.75) is 37.4 Å². The fourth-order valence-corrected chi connectivity index (χ4v) is 3.93. The summed E-state index contributed by atoms with van der Waals surface area (Å²) in [5.41, 5.74) is 0.931. The average Bonchev–Trinajstić information content (AvgIpc) is 3.32. The maximum Gasteiger partial charge on any atom is 0.338 e. The molecule has 0 unspecified atom stereocenters. The molecule has 0 fully saturated rings. The molecule has 0 saturated carbocycles. The van der Waals surface area contributed by atoms with Crippen molar-refractivity contribution in [1.29, 1.82) is 0 Å². The van der Waals surface area contributed by atoms with Gasteiger partial charge in [-0.1, -0.05) is 36.4 Å². The van der Waals surface area contributed by atoms with Crippen LogP contribution in [0.4, 0.5) is 0 Å². The number of rotatable bonds is 9.